The largest absolute Gasteiger partial charge is 0.508 e. The van der Waals surface area contributed by atoms with Gasteiger partial charge in [0.1, 0.15) is 11.6 Å². The molecule has 5 rings (SSSR count). The van der Waals surface area contributed by atoms with E-state index in [-0.39, 0.29) is 5.75 Å². The third-order valence-corrected chi connectivity index (χ3v) is 5.81. The molecule has 1 saturated heterocycles. The van der Waals surface area contributed by atoms with Crippen molar-refractivity contribution in [3.63, 3.8) is 0 Å². The molecule has 0 radical (unpaired) electrons. The fourth-order valence-corrected chi connectivity index (χ4v) is 4.00. The molecule has 1 fully saturated rings. The van der Waals surface area contributed by atoms with Gasteiger partial charge in [0, 0.05) is 38.4 Å². The number of anilines is 2. The number of rotatable bonds is 4. The normalized spacial score (nSPS) is 14.8. The lowest BCUT2D eigenvalue weighted by atomic mass is 10.0. The van der Waals surface area contributed by atoms with E-state index < -0.39 is 0 Å². The first-order chi connectivity index (χ1) is 15.1. The molecule has 3 aromatic carbocycles. The first kappa shape index (κ1) is 19.3. The number of hydrogen-bond acceptors (Lipinski definition) is 6. The Balaban J connectivity index is 1.30. The fourth-order valence-electron chi connectivity index (χ4n) is 4.00. The third kappa shape index (κ3) is 4.29. The Morgan fingerprint density at radius 1 is 0.806 bits per heavy atom. The molecular weight excluding hydrogens is 386 g/mol. The Morgan fingerprint density at radius 2 is 1.52 bits per heavy atom. The van der Waals surface area contributed by atoms with Crippen LogP contribution in [0.3, 0.4) is 0 Å². The fraction of sp³-hybridized carbons (Fsp3) is 0.200. The van der Waals surface area contributed by atoms with Crippen LogP contribution in [0.2, 0.25) is 0 Å². The molecule has 1 aliphatic rings. The summed E-state index contributed by atoms with van der Waals surface area (Å²) in [6.45, 7) is 4.75. The van der Waals surface area contributed by atoms with Crippen LogP contribution in [-0.2, 0) is 6.54 Å². The lowest BCUT2D eigenvalue weighted by Crippen LogP contribution is -2.46. The number of hydrogen-bond donors (Lipinski definition) is 2. The Hall–Kier alpha value is -3.64. The number of nitrogen functional groups attached to an aromatic ring is 1. The van der Waals surface area contributed by atoms with E-state index in [1.807, 2.05) is 42.6 Å². The van der Waals surface area contributed by atoms with Gasteiger partial charge in [-0.3, -0.25) is 9.88 Å². The van der Waals surface area contributed by atoms with Crippen LogP contribution in [0.25, 0.3) is 22.2 Å². The molecule has 4 aromatic rings. The molecule has 0 bridgehead atoms. The Morgan fingerprint density at radius 3 is 2.26 bits per heavy atom. The first-order valence-corrected chi connectivity index (χ1v) is 10.5. The summed E-state index contributed by atoms with van der Waals surface area (Å²) in [4.78, 5) is 14.3. The monoisotopic (exact) mass is 411 g/mol. The first-order valence-electron chi connectivity index (χ1n) is 10.5. The van der Waals surface area contributed by atoms with Crippen LogP contribution in [-0.4, -0.2) is 46.2 Å². The Kier molecular flexibility index (Phi) is 5.14. The minimum Gasteiger partial charge on any atom is -0.508 e. The predicted octanol–water partition coefficient (Wildman–Crippen LogP) is 3.91. The highest BCUT2D eigenvalue weighted by Gasteiger charge is 2.19. The number of nitrogens with two attached hydrogens (primary N) is 1. The summed E-state index contributed by atoms with van der Waals surface area (Å²) in [6.07, 6.45) is 1.87. The average molecular weight is 412 g/mol. The summed E-state index contributed by atoms with van der Waals surface area (Å²) in [5, 5.41) is 9.53. The van der Waals surface area contributed by atoms with Crippen LogP contribution in [0.15, 0.2) is 72.9 Å². The summed E-state index contributed by atoms with van der Waals surface area (Å²) in [5.74, 6) is 1.18. The smallest absolute Gasteiger partial charge is 0.147 e. The van der Waals surface area contributed by atoms with Crippen LogP contribution in [0, 0.1) is 0 Å². The molecule has 1 aliphatic heterocycles. The summed E-state index contributed by atoms with van der Waals surface area (Å²) >= 11 is 0. The second-order valence-corrected chi connectivity index (χ2v) is 7.98. The van der Waals surface area contributed by atoms with Crippen molar-refractivity contribution in [3.8, 4) is 16.9 Å². The molecule has 0 aliphatic carbocycles. The van der Waals surface area contributed by atoms with Crippen molar-refractivity contribution in [2.24, 2.45) is 0 Å². The average Bonchev–Trinajstić information content (AvgIpc) is 2.81. The maximum Gasteiger partial charge on any atom is 0.147 e. The van der Waals surface area contributed by atoms with Crippen LogP contribution >= 0.6 is 0 Å². The van der Waals surface area contributed by atoms with Crippen LogP contribution in [0.4, 0.5) is 11.5 Å². The Bertz CT molecular complexity index is 1180. The molecular formula is C25H25N5O. The molecule has 6 nitrogen and oxygen atoms in total. The topological polar surface area (TPSA) is 78.5 Å². The summed E-state index contributed by atoms with van der Waals surface area (Å²) < 4.78 is 0. The number of piperazine rings is 1. The number of aromatic hydroxyl groups is 1. The van der Waals surface area contributed by atoms with E-state index in [4.69, 9.17) is 10.7 Å². The standard InChI is InChI=1S/C25H25N5O/c26-21-6-1-18(2-7-21)17-29-11-13-30(14-12-29)25-16-27-23-10-5-20(15-24(23)28-25)19-3-8-22(31)9-4-19/h1-10,15-16,31H,11-14,17,26H2. The van der Waals surface area contributed by atoms with Gasteiger partial charge in [-0.15, -0.1) is 0 Å². The highest BCUT2D eigenvalue weighted by Crippen LogP contribution is 2.26. The van der Waals surface area contributed by atoms with Crippen molar-refractivity contribution in [1.82, 2.24) is 14.9 Å². The van der Waals surface area contributed by atoms with Crippen molar-refractivity contribution in [2.45, 2.75) is 6.54 Å². The number of fused-ring (bicyclic) bond motifs is 1. The number of phenolic OH excluding ortho intramolecular Hbond substituents is 1. The maximum absolute atomic E-state index is 9.53. The third-order valence-electron chi connectivity index (χ3n) is 5.81. The second-order valence-electron chi connectivity index (χ2n) is 7.98. The van der Waals surface area contributed by atoms with Gasteiger partial charge in [0.2, 0.25) is 0 Å². The number of nitrogens with zero attached hydrogens (tertiary/aromatic N) is 4. The molecule has 0 unspecified atom stereocenters. The molecule has 0 spiro atoms. The lowest BCUT2D eigenvalue weighted by molar-refractivity contribution is 0.249. The molecule has 156 valence electrons. The maximum atomic E-state index is 9.53. The molecule has 0 atom stereocenters. The molecule has 0 saturated carbocycles. The predicted molar refractivity (Wildman–Crippen MR) is 125 cm³/mol. The van der Waals surface area contributed by atoms with Crippen molar-refractivity contribution in [1.29, 1.82) is 0 Å². The number of aromatic nitrogens is 2. The van der Waals surface area contributed by atoms with Gasteiger partial charge in [-0.25, -0.2) is 4.98 Å². The Labute approximate surface area is 181 Å². The van der Waals surface area contributed by atoms with Gasteiger partial charge < -0.3 is 15.7 Å². The highest BCUT2D eigenvalue weighted by atomic mass is 16.3. The van der Waals surface area contributed by atoms with Gasteiger partial charge in [0.05, 0.1) is 17.2 Å². The van der Waals surface area contributed by atoms with E-state index in [1.165, 1.54) is 5.56 Å². The van der Waals surface area contributed by atoms with Gasteiger partial charge in [-0.2, -0.15) is 0 Å². The number of phenols is 1. The van der Waals surface area contributed by atoms with Crippen molar-refractivity contribution in [3.05, 3.63) is 78.5 Å². The van der Waals surface area contributed by atoms with E-state index in [9.17, 15) is 5.11 Å². The summed E-state index contributed by atoms with van der Waals surface area (Å²) in [7, 11) is 0. The van der Waals surface area contributed by atoms with E-state index in [0.717, 1.165) is 66.4 Å². The minimum atomic E-state index is 0.266. The highest BCUT2D eigenvalue weighted by molar-refractivity contribution is 5.82. The van der Waals surface area contributed by atoms with Crippen molar-refractivity contribution in [2.75, 3.05) is 36.8 Å². The lowest BCUT2D eigenvalue weighted by Gasteiger charge is -2.35. The van der Waals surface area contributed by atoms with E-state index in [2.05, 4.69) is 33.0 Å². The van der Waals surface area contributed by atoms with Crippen molar-refractivity contribution >= 4 is 22.5 Å². The molecule has 1 aromatic heterocycles. The zero-order valence-corrected chi connectivity index (χ0v) is 17.3. The van der Waals surface area contributed by atoms with Crippen LogP contribution < -0.4 is 10.6 Å². The zero-order chi connectivity index (χ0) is 21.2. The van der Waals surface area contributed by atoms with E-state index in [1.54, 1.807) is 12.1 Å². The molecule has 6 heteroatoms. The van der Waals surface area contributed by atoms with Gasteiger partial charge in [0.15, 0.2) is 0 Å². The number of benzene rings is 3. The van der Waals surface area contributed by atoms with E-state index >= 15 is 0 Å². The molecule has 2 heterocycles. The quantitative estimate of drug-likeness (QED) is 0.496. The van der Waals surface area contributed by atoms with Gasteiger partial charge >= 0.3 is 0 Å². The SMILES string of the molecule is Nc1ccc(CN2CCN(c3cnc4ccc(-c5ccc(O)cc5)cc4n3)CC2)cc1. The van der Waals surface area contributed by atoms with E-state index in [0.29, 0.717) is 0 Å². The summed E-state index contributed by atoms with van der Waals surface area (Å²) in [5.41, 5.74) is 11.7. The van der Waals surface area contributed by atoms with Crippen LogP contribution in [0.5, 0.6) is 5.75 Å². The molecule has 0 amide bonds. The molecule has 3 N–H and O–H groups in total. The summed E-state index contributed by atoms with van der Waals surface area (Å²) in [6, 6.07) is 21.4. The minimum absolute atomic E-state index is 0.266. The van der Waals surface area contributed by atoms with Crippen LogP contribution in [0.1, 0.15) is 5.56 Å². The zero-order valence-electron chi connectivity index (χ0n) is 17.3. The van der Waals surface area contributed by atoms with Gasteiger partial charge in [0.25, 0.3) is 0 Å². The molecule has 31 heavy (non-hydrogen) atoms. The second kappa shape index (κ2) is 8.24. The van der Waals surface area contributed by atoms with Gasteiger partial charge in [-0.05, 0) is 53.1 Å². The van der Waals surface area contributed by atoms with Gasteiger partial charge in [-0.1, -0.05) is 30.3 Å². The van der Waals surface area contributed by atoms with Crippen molar-refractivity contribution < 1.29 is 5.11 Å².